The van der Waals surface area contributed by atoms with Gasteiger partial charge in [-0.2, -0.15) is 4.98 Å². The Morgan fingerprint density at radius 1 is 1.47 bits per heavy atom. The van der Waals surface area contributed by atoms with Crippen molar-refractivity contribution in [2.75, 3.05) is 5.32 Å². The third kappa shape index (κ3) is 2.47. The van der Waals surface area contributed by atoms with Gasteiger partial charge in [0.05, 0.1) is 5.56 Å². The van der Waals surface area contributed by atoms with Gasteiger partial charge < -0.3 is 0 Å². The van der Waals surface area contributed by atoms with E-state index in [0.29, 0.717) is 12.0 Å². The van der Waals surface area contributed by atoms with Gasteiger partial charge in [0.15, 0.2) is 5.82 Å². The fourth-order valence-corrected chi connectivity index (χ4v) is 1.30. The molecule has 1 aromatic carbocycles. The zero-order chi connectivity index (χ0) is 12.3. The minimum absolute atomic E-state index is 0.148. The third-order valence-electron chi connectivity index (χ3n) is 2.19. The second-order valence-corrected chi connectivity index (χ2v) is 3.39. The van der Waals surface area contributed by atoms with Crippen LogP contribution in [0.25, 0.3) is 11.4 Å². The van der Waals surface area contributed by atoms with E-state index >= 15 is 0 Å². The lowest BCUT2D eigenvalue weighted by Crippen LogP contribution is -2.10. The smallest absolute Gasteiger partial charge is 0.249 e. The van der Waals surface area contributed by atoms with Crippen molar-refractivity contribution in [1.82, 2.24) is 15.2 Å². The van der Waals surface area contributed by atoms with E-state index < -0.39 is 5.82 Å². The number of rotatable bonds is 3. The van der Waals surface area contributed by atoms with Crippen LogP contribution in [-0.4, -0.2) is 21.1 Å². The van der Waals surface area contributed by atoms with Gasteiger partial charge in [-0.25, -0.2) is 4.39 Å². The molecule has 0 aliphatic rings. The van der Waals surface area contributed by atoms with Gasteiger partial charge in [-0.05, 0) is 12.1 Å². The topological polar surface area (TPSA) is 70.7 Å². The van der Waals surface area contributed by atoms with E-state index in [-0.39, 0.29) is 17.7 Å². The number of benzene rings is 1. The molecule has 2 rings (SSSR count). The van der Waals surface area contributed by atoms with Crippen LogP contribution < -0.4 is 5.32 Å². The average molecular weight is 234 g/mol. The summed E-state index contributed by atoms with van der Waals surface area (Å²) in [6.45, 7) is 1.72. The number of nitrogens with one attached hydrogen (secondary N) is 2. The predicted octanol–water partition coefficient (Wildman–Crippen LogP) is 1.96. The van der Waals surface area contributed by atoms with Crippen molar-refractivity contribution in [2.24, 2.45) is 0 Å². The number of aromatic nitrogens is 3. The van der Waals surface area contributed by atoms with Gasteiger partial charge >= 0.3 is 0 Å². The van der Waals surface area contributed by atoms with E-state index in [0.717, 1.165) is 0 Å². The molecule has 0 aliphatic heterocycles. The first-order valence-electron chi connectivity index (χ1n) is 5.18. The highest BCUT2D eigenvalue weighted by Crippen LogP contribution is 2.19. The summed E-state index contributed by atoms with van der Waals surface area (Å²) >= 11 is 0. The lowest BCUT2D eigenvalue weighted by Gasteiger charge is -1.97. The first-order valence-corrected chi connectivity index (χ1v) is 5.18. The fourth-order valence-electron chi connectivity index (χ4n) is 1.30. The molecule has 0 fully saturated rings. The van der Waals surface area contributed by atoms with Crippen molar-refractivity contribution in [1.29, 1.82) is 0 Å². The Morgan fingerprint density at radius 2 is 2.24 bits per heavy atom. The van der Waals surface area contributed by atoms with Gasteiger partial charge in [0.25, 0.3) is 0 Å². The lowest BCUT2D eigenvalue weighted by molar-refractivity contribution is -0.115. The Labute approximate surface area is 97.1 Å². The molecule has 0 bridgehead atoms. The molecule has 0 aliphatic carbocycles. The second-order valence-electron chi connectivity index (χ2n) is 3.39. The van der Waals surface area contributed by atoms with Crippen molar-refractivity contribution in [2.45, 2.75) is 13.3 Å². The maximum Gasteiger partial charge on any atom is 0.249 e. The van der Waals surface area contributed by atoms with Crippen LogP contribution >= 0.6 is 0 Å². The maximum absolute atomic E-state index is 13.4. The van der Waals surface area contributed by atoms with Crippen molar-refractivity contribution in [3.63, 3.8) is 0 Å². The number of anilines is 1. The average Bonchev–Trinajstić information content (AvgIpc) is 2.78. The summed E-state index contributed by atoms with van der Waals surface area (Å²) < 4.78 is 13.4. The normalized spacial score (nSPS) is 10.2. The molecule has 0 unspecified atom stereocenters. The van der Waals surface area contributed by atoms with E-state index in [9.17, 15) is 9.18 Å². The molecule has 1 aromatic heterocycles. The van der Waals surface area contributed by atoms with Gasteiger partial charge in [-0.1, -0.05) is 19.1 Å². The van der Waals surface area contributed by atoms with E-state index in [1.54, 1.807) is 25.1 Å². The predicted molar refractivity (Wildman–Crippen MR) is 60.7 cm³/mol. The maximum atomic E-state index is 13.4. The summed E-state index contributed by atoms with van der Waals surface area (Å²) in [5, 5.41) is 8.85. The molecule has 6 heteroatoms. The minimum atomic E-state index is -0.392. The SMILES string of the molecule is CCC(=O)Nc1n[nH]c(-c2ccccc2F)n1. The van der Waals surface area contributed by atoms with E-state index in [4.69, 9.17) is 0 Å². The van der Waals surface area contributed by atoms with Gasteiger partial charge in [-0.15, -0.1) is 5.10 Å². The first-order chi connectivity index (χ1) is 8.20. The number of hydrogen-bond donors (Lipinski definition) is 2. The standard InChI is InChI=1S/C11H11FN4O/c1-2-9(17)13-11-14-10(15-16-11)7-5-3-4-6-8(7)12/h3-6H,2H2,1H3,(H2,13,14,15,16,17). The molecule has 0 saturated heterocycles. The molecule has 17 heavy (non-hydrogen) atoms. The lowest BCUT2D eigenvalue weighted by atomic mass is 10.2. The highest BCUT2D eigenvalue weighted by Gasteiger charge is 2.10. The summed E-state index contributed by atoms with van der Waals surface area (Å²) in [6.07, 6.45) is 0.337. The van der Waals surface area contributed by atoms with Crippen LogP contribution in [0.1, 0.15) is 13.3 Å². The first kappa shape index (κ1) is 11.3. The summed E-state index contributed by atoms with van der Waals surface area (Å²) in [6, 6.07) is 6.21. The quantitative estimate of drug-likeness (QED) is 0.852. The fraction of sp³-hybridized carbons (Fsp3) is 0.182. The molecule has 1 amide bonds. The molecule has 2 N–H and O–H groups in total. The van der Waals surface area contributed by atoms with Crippen LogP contribution in [0.3, 0.4) is 0 Å². The van der Waals surface area contributed by atoms with Crippen LogP contribution in [0.4, 0.5) is 10.3 Å². The Balaban J connectivity index is 2.24. The summed E-state index contributed by atoms with van der Waals surface area (Å²) in [5.41, 5.74) is 0.317. The highest BCUT2D eigenvalue weighted by atomic mass is 19.1. The third-order valence-corrected chi connectivity index (χ3v) is 2.19. The highest BCUT2D eigenvalue weighted by molar-refractivity contribution is 5.88. The van der Waals surface area contributed by atoms with Crippen molar-refractivity contribution in [3.05, 3.63) is 30.1 Å². The molecule has 0 atom stereocenters. The Bertz CT molecular complexity index is 538. The van der Waals surface area contributed by atoms with Crippen LogP contribution in [0.15, 0.2) is 24.3 Å². The van der Waals surface area contributed by atoms with Gasteiger partial charge in [-0.3, -0.25) is 15.2 Å². The summed E-state index contributed by atoms with van der Waals surface area (Å²) in [5.74, 6) is -0.147. The largest absolute Gasteiger partial charge is 0.293 e. The van der Waals surface area contributed by atoms with Gasteiger partial charge in [0.2, 0.25) is 11.9 Å². The molecule has 2 aromatic rings. The van der Waals surface area contributed by atoms with Crippen molar-refractivity contribution in [3.8, 4) is 11.4 Å². The molecular formula is C11H11FN4O. The number of carbonyl (C=O) groups is 1. The Morgan fingerprint density at radius 3 is 2.94 bits per heavy atom. The summed E-state index contributed by atoms with van der Waals surface area (Å²) in [4.78, 5) is 15.1. The van der Waals surface area contributed by atoms with Crippen LogP contribution in [-0.2, 0) is 4.79 Å². The number of aromatic amines is 1. The molecule has 0 spiro atoms. The number of carbonyl (C=O) groups excluding carboxylic acids is 1. The number of H-pyrrole nitrogens is 1. The molecule has 1 heterocycles. The van der Waals surface area contributed by atoms with Crippen LogP contribution in [0.5, 0.6) is 0 Å². The van der Waals surface area contributed by atoms with Gasteiger partial charge in [0, 0.05) is 6.42 Å². The van der Waals surface area contributed by atoms with Crippen LogP contribution in [0.2, 0.25) is 0 Å². The van der Waals surface area contributed by atoms with Crippen LogP contribution in [0, 0.1) is 5.82 Å². The summed E-state index contributed by atoms with van der Waals surface area (Å²) in [7, 11) is 0. The monoisotopic (exact) mass is 234 g/mol. The molecule has 0 radical (unpaired) electrons. The minimum Gasteiger partial charge on any atom is -0.293 e. The van der Waals surface area contributed by atoms with Gasteiger partial charge in [0.1, 0.15) is 5.82 Å². The van der Waals surface area contributed by atoms with Crippen molar-refractivity contribution < 1.29 is 9.18 Å². The number of amides is 1. The molecular weight excluding hydrogens is 223 g/mol. The number of hydrogen-bond acceptors (Lipinski definition) is 3. The zero-order valence-corrected chi connectivity index (χ0v) is 9.20. The molecule has 88 valence electrons. The van der Waals surface area contributed by atoms with E-state index in [2.05, 4.69) is 20.5 Å². The Kier molecular flexibility index (Phi) is 3.13. The van der Waals surface area contributed by atoms with E-state index in [1.165, 1.54) is 6.07 Å². The zero-order valence-electron chi connectivity index (χ0n) is 9.20. The second kappa shape index (κ2) is 4.73. The van der Waals surface area contributed by atoms with Crippen molar-refractivity contribution >= 4 is 11.9 Å². The molecule has 0 saturated carbocycles. The molecule has 5 nitrogen and oxygen atoms in total. The van der Waals surface area contributed by atoms with E-state index in [1.807, 2.05) is 0 Å². The number of nitrogens with zero attached hydrogens (tertiary/aromatic N) is 2. The Hall–Kier alpha value is -2.24. The number of halogens is 1.